The van der Waals surface area contributed by atoms with Gasteiger partial charge in [0.1, 0.15) is 11.6 Å². The molecule has 4 heteroatoms. The van der Waals surface area contributed by atoms with E-state index in [2.05, 4.69) is 53.3 Å². The minimum absolute atomic E-state index is 0.616. The number of hydrogen-bond acceptors (Lipinski definition) is 4. The molecule has 1 saturated heterocycles. The van der Waals surface area contributed by atoms with Crippen LogP contribution in [0.2, 0.25) is 0 Å². The average molecular weight is 248 g/mol. The Balaban J connectivity index is 2.03. The fourth-order valence-corrected chi connectivity index (χ4v) is 2.47. The second kappa shape index (κ2) is 6.05. The van der Waals surface area contributed by atoms with Gasteiger partial charge in [0.15, 0.2) is 0 Å². The van der Waals surface area contributed by atoms with E-state index >= 15 is 0 Å². The second-order valence-corrected chi connectivity index (χ2v) is 5.06. The predicted molar refractivity (Wildman–Crippen MR) is 77.3 cm³/mol. The van der Waals surface area contributed by atoms with Gasteiger partial charge in [-0.1, -0.05) is 6.07 Å². The van der Waals surface area contributed by atoms with Gasteiger partial charge in [0.2, 0.25) is 0 Å². The first kappa shape index (κ1) is 13.1. The van der Waals surface area contributed by atoms with Crippen molar-refractivity contribution >= 4 is 11.6 Å². The Kier molecular flexibility index (Phi) is 4.42. The summed E-state index contributed by atoms with van der Waals surface area (Å²) >= 11 is 0. The van der Waals surface area contributed by atoms with Crippen molar-refractivity contribution < 1.29 is 0 Å². The zero-order chi connectivity index (χ0) is 13.0. The van der Waals surface area contributed by atoms with Gasteiger partial charge in [-0.25, -0.2) is 4.98 Å². The van der Waals surface area contributed by atoms with Crippen molar-refractivity contribution in [2.45, 2.75) is 25.8 Å². The molecule has 0 aromatic carbocycles. The SMILES string of the molecule is CCNc1cccc(N(C)C2CCN(C)CC2)n1. The van der Waals surface area contributed by atoms with Gasteiger partial charge >= 0.3 is 0 Å². The Bertz CT molecular complexity index is 372. The summed E-state index contributed by atoms with van der Waals surface area (Å²) in [5, 5.41) is 3.27. The summed E-state index contributed by atoms with van der Waals surface area (Å²) in [4.78, 5) is 9.38. The van der Waals surface area contributed by atoms with Gasteiger partial charge in [-0.15, -0.1) is 0 Å². The summed E-state index contributed by atoms with van der Waals surface area (Å²) in [6, 6.07) is 6.81. The van der Waals surface area contributed by atoms with Crippen LogP contribution in [0, 0.1) is 0 Å². The molecule has 0 amide bonds. The number of pyridine rings is 1. The number of rotatable bonds is 4. The molecule has 1 aliphatic heterocycles. The van der Waals surface area contributed by atoms with Crippen molar-refractivity contribution in [2.24, 2.45) is 0 Å². The van der Waals surface area contributed by atoms with E-state index in [1.54, 1.807) is 0 Å². The number of piperidine rings is 1. The molecule has 4 nitrogen and oxygen atoms in total. The van der Waals surface area contributed by atoms with E-state index in [1.165, 1.54) is 25.9 Å². The number of hydrogen-bond donors (Lipinski definition) is 1. The highest BCUT2D eigenvalue weighted by molar-refractivity contribution is 5.47. The van der Waals surface area contributed by atoms with Crippen LogP contribution in [0.25, 0.3) is 0 Å². The van der Waals surface area contributed by atoms with Crippen molar-refractivity contribution in [1.82, 2.24) is 9.88 Å². The Morgan fingerprint density at radius 2 is 2.11 bits per heavy atom. The molecule has 18 heavy (non-hydrogen) atoms. The van der Waals surface area contributed by atoms with Crippen LogP contribution in [-0.4, -0.2) is 49.7 Å². The quantitative estimate of drug-likeness (QED) is 0.883. The van der Waals surface area contributed by atoms with Crippen LogP contribution < -0.4 is 10.2 Å². The van der Waals surface area contributed by atoms with Crippen LogP contribution in [0.5, 0.6) is 0 Å². The first-order valence-corrected chi connectivity index (χ1v) is 6.83. The van der Waals surface area contributed by atoms with Gasteiger partial charge in [-0.05, 0) is 52.0 Å². The van der Waals surface area contributed by atoms with Gasteiger partial charge in [-0.2, -0.15) is 0 Å². The number of likely N-dealkylation sites (tertiary alicyclic amines) is 1. The molecule has 0 unspecified atom stereocenters. The maximum atomic E-state index is 4.66. The van der Waals surface area contributed by atoms with Crippen molar-refractivity contribution in [3.05, 3.63) is 18.2 Å². The van der Waals surface area contributed by atoms with Crippen LogP contribution in [0.1, 0.15) is 19.8 Å². The molecular weight excluding hydrogens is 224 g/mol. The monoisotopic (exact) mass is 248 g/mol. The molecule has 0 spiro atoms. The highest BCUT2D eigenvalue weighted by Gasteiger charge is 2.21. The third-order valence-corrected chi connectivity index (χ3v) is 3.69. The number of aromatic nitrogens is 1. The molecule has 0 radical (unpaired) electrons. The molecular formula is C14H24N4. The van der Waals surface area contributed by atoms with Crippen LogP contribution in [0.4, 0.5) is 11.6 Å². The molecule has 1 fully saturated rings. The standard InChI is InChI=1S/C14H24N4/c1-4-15-13-6-5-7-14(16-13)18(3)12-8-10-17(2)11-9-12/h5-7,12H,4,8-11H2,1-3H3,(H,15,16). The van der Waals surface area contributed by atoms with Crippen molar-refractivity contribution in [1.29, 1.82) is 0 Å². The Morgan fingerprint density at radius 1 is 1.39 bits per heavy atom. The number of anilines is 2. The summed E-state index contributed by atoms with van der Waals surface area (Å²) in [5.74, 6) is 2.04. The zero-order valence-electron chi connectivity index (χ0n) is 11.7. The zero-order valence-corrected chi connectivity index (χ0v) is 11.7. The highest BCUT2D eigenvalue weighted by Crippen LogP contribution is 2.21. The third-order valence-electron chi connectivity index (χ3n) is 3.69. The van der Waals surface area contributed by atoms with Crippen LogP contribution in [0.15, 0.2) is 18.2 Å². The summed E-state index contributed by atoms with van der Waals surface area (Å²) < 4.78 is 0. The minimum atomic E-state index is 0.616. The number of nitrogens with one attached hydrogen (secondary N) is 1. The van der Waals surface area contributed by atoms with E-state index in [0.717, 1.165) is 18.2 Å². The third kappa shape index (κ3) is 3.13. The maximum absolute atomic E-state index is 4.66. The lowest BCUT2D eigenvalue weighted by atomic mass is 10.0. The van der Waals surface area contributed by atoms with Crippen LogP contribution in [0.3, 0.4) is 0 Å². The first-order valence-electron chi connectivity index (χ1n) is 6.83. The molecule has 0 atom stereocenters. The van der Waals surface area contributed by atoms with Gasteiger partial charge in [-0.3, -0.25) is 0 Å². The molecule has 0 saturated carbocycles. The van der Waals surface area contributed by atoms with E-state index in [1.807, 2.05) is 6.07 Å². The topological polar surface area (TPSA) is 31.4 Å². The normalized spacial score (nSPS) is 17.7. The molecule has 2 rings (SSSR count). The van der Waals surface area contributed by atoms with Crippen molar-refractivity contribution in [3.8, 4) is 0 Å². The fraction of sp³-hybridized carbons (Fsp3) is 0.643. The van der Waals surface area contributed by atoms with Gasteiger partial charge in [0.05, 0.1) is 0 Å². The van der Waals surface area contributed by atoms with Crippen molar-refractivity contribution in [3.63, 3.8) is 0 Å². The Morgan fingerprint density at radius 3 is 2.78 bits per heavy atom. The lowest BCUT2D eigenvalue weighted by molar-refractivity contribution is 0.252. The van der Waals surface area contributed by atoms with Crippen LogP contribution in [-0.2, 0) is 0 Å². The summed E-state index contributed by atoms with van der Waals surface area (Å²) in [6.45, 7) is 5.37. The molecule has 1 aromatic heterocycles. The maximum Gasteiger partial charge on any atom is 0.130 e. The molecule has 1 N–H and O–H groups in total. The molecule has 0 aliphatic carbocycles. The lowest BCUT2D eigenvalue weighted by Gasteiger charge is -2.35. The van der Waals surface area contributed by atoms with Gasteiger partial charge in [0, 0.05) is 19.6 Å². The summed E-state index contributed by atoms with van der Waals surface area (Å²) in [5.41, 5.74) is 0. The number of nitrogens with zero attached hydrogens (tertiary/aromatic N) is 3. The van der Waals surface area contributed by atoms with Gasteiger partial charge < -0.3 is 15.1 Å². The summed E-state index contributed by atoms with van der Waals surface area (Å²) in [6.07, 6.45) is 2.44. The van der Waals surface area contributed by atoms with E-state index in [4.69, 9.17) is 0 Å². The average Bonchev–Trinajstić information content (AvgIpc) is 2.39. The highest BCUT2D eigenvalue weighted by atomic mass is 15.2. The lowest BCUT2D eigenvalue weighted by Crippen LogP contribution is -2.42. The van der Waals surface area contributed by atoms with E-state index in [-0.39, 0.29) is 0 Å². The molecule has 0 bridgehead atoms. The predicted octanol–water partition coefficient (Wildman–Crippen LogP) is 2.04. The second-order valence-electron chi connectivity index (χ2n) is 5.06. The molecule has 2 heterocycles. The smallest absolute Gasteiger partial charge is 0.130 e. The van der Waals surface area contributed by atoms with Crippen molar-refractivity contribution in [2.75, 3.05) is 43.9 Å². The van der Waals surface area contributed by atoms with Crippen LogP contribution >= 0.6 is 0 Å². The molecule has 1 aliphatic rings. The fourth-order valence-electron chi connectivity index (χ4n) is 2.47. The summed E-state index contributed by atoms with van der Waals surface area (Å²) in [7, 11) is 4.36. The largest absolute Gasteiger partial charge is 0.370 e. The first-order chi connectivity index (χ1) is 8.70. The van der Waals surface area contributed by atoms with E-state index in [0.29, 0.717) is 6.04 Å². The van der Waals surface area contributed by atoms with Gasteiger partial charge in [0.25, 0.3) is 0 Å². The van der Waals surface area contributed by atoms with E-state index in [9.17, 15) is 0 Å². The Labute approximate surface area is 110 Å². The molecule has 100 valence electrons. The Hall–Kier alpha value is -1.29. The minimum Gasteiger partial charge on any atom is -0.370 e. The molecule has 1 aromatic rings. The van der Waals surface area contributed by atoms with E-state index < -0.39 is 0 Å².